The number of aliphatic hydroxyl groups is 1. The maximum Gasteiger partial charge on any atom is 0.275 e. The molecule has 3 fully saturated rings. The first-order valence-corrected chi connectivity index (χ1v) is 8.48. The zero-order valence-electron chi connectivity index (χ0n) is 14.3. The average molecular weight is 325 g/mol. The lowest BCUT2D eigenvalue weighted by Crippen LogP contribution is -2.71. The standard InChI is InChI=1S/C16H27N3O4/c1-9(2)8-11-13(20)18-7-5-6-12(18)16(22)19(11)14(21)15(17,23-16)10(3)4/h9-12,22H,5-8,17H2,1-4H3/t11-,12-,15+,16-/m0/s1. The Labute approximate surface area is 136 Å². The van der Waals surface area contributed by atoms with E-state index in [2.05, 4.69) is 0 Å². The van der Waals surface area contributed by atoms with Crippen molar-refractivity contribution in [1.82, 2.24) is 9.80 Å². The van der Waals surface area contributed by atoms with Crippen LogP contribution in [0.2, 0.25) is 0 Å². The summed E-state index contributed by atoms with van der Waals surface area (Å²) in [4.78, 5) is 28.8. The van der Waals surface area contributed by atoms with Gasteiger partial charge in [0.05, 0.1) is 0 Å². The minimum absolute atomic E-state index is 0.101. The van der Waals surface area contributed by atoms with Crippen molar-refractivity contribution in [2.75, 3.05) is 6.54 Å². The number of ether oxygens (including phenoxy) is 1. The molecule has 7 heteroatoms. The summed E-state index contributed by atoms with van der Waals surface area (Å²) in [6.07, 6.45) is 1.87. The van der Waals surface area contributed by atoms with Crippen LogP contribution in [0.1, 0.15) is 47.0 Å². The first-order valence-electron chi connectivity index (χ1n) is 8.48. The van der Waals surface area contributed by atoms with E-state index < -0.39 is 29.6 Å². The minimum atomic E-state index is -1.82. The smallest absolute Gasteiger partial charge is 0.275 e. The highest BCUT2D eigenvalue weighted by Crippen LogP contribution is 2.47. The van der Waals surface area contributed by atoms with E-state index in [1.54, 1.807) is 18.7 Å². The Bertz CT molecular complexity index is 537. The molecule has 0 unspecified atom stereocenters. The summed E-state index contributed by atoms with van der Waals surface area (Å²) in [5, 5.41) is 11.2. The Morgan fingerprint density at radius 2 is 2.00 bits per heavy atom. The lowest BCUT2D eigenvalue weighted by molar-refractivity contribution is -0.318. The van der Waals surface area contributed by atoms with Gasteiger partial charge in [0.25, 0.3) is 11.8 Å². The van der Waals surface area contributed by atoms with Gasteiger partial charge >= 0.3 is 0 Å². The van der Waals surface area contributed by atoms with Gasteiger partial charge in [-0.1, -0.05) is 27.7 Å². The highest BCUT2D eigenvalue weighted by molar-refractivity contribution is 5.94. The fraction of sp³-hybridized carbons (Fsp3) is 0.875. The summed E-state index contributed by atoms with van der Waals surface area (Å²) in [7, 11) is 0. The second kappa shape index (κ2) is 5.16. The summed E-state index contributed by atoms with van der Waals surface area (Å²) in [6, 6.07) is -1.25. The molecule has 0 aromatic carbocycles. The highest BCUT2D eigenvalue weighted by Gasteiger charge is 2.70. The van der Waals surface area contributed by atoms with Crippen LogP contribution in [0.25, 0.3) is 0 Å². The molecule has 0 aliphatic carbocycles. The van der Waals surface area contributed by atoms with E-state index in [-0.39, 0.29) is 17.7 Å². The molecule has 0 radical (unpaired) electrons. The second-order valence-corrected chi connectivity index (χ2v) is 7.72. The molecule has 2 amide bonds. The van der Waals surface area contributed by atoms with Crippen LogP contribution in [-0.4, -0.2) is 57.0 Å². The molecule has 0 aromatic rings. The molecular formula is C16H27N3O4. The van der Waals surface area contributed by atoms with Crippen LogP contribution >= 0.6 is 0 Å². The van der Waals surface area contributed by atoms with Gasteiger partial charge in [-0.15, -0.1) is 0 Å². The Balaban J connectivity index is 2.08. The van der Waals surface area contributed by atoms with Gasteiger partial charge in [0.15, 0.2) is 0 Å². The number of nitrogens with two attached hydrogens (primary N) is 1. The third-order valence-electron chi connectivity index (χ3n) is 5.34. The predicted octanol–water partition coefficient (Wildman–Crippen LogP) is 0.222. The van der Waals surface area contributed by atoms with E-state index in [1.165, 1.54) is 4.90 Å². The first kappa shape index (κ1) is 16.7. The lowest BCUT2D eigenvalue weighted by atomic mass is 9.94. The van der Waals surface area contributed by atoms with Crippen LogP contribution in [0, 0.1) is 11.8 Å². The SMILES string of the molecule is CC(C)C[C@H]1C(=O)N2CCC[C@H]2[C@]2(O)O[C@](N)(C(C)C)C(=O)N12. The number of carbonyl (C=O) groups excluding carboxylic acids is 2. The second-order valence-electron chi connectivity index (χ2n) is 7.72. The van der Waals surface area contributed by atoms with Crippen molar-refractivity contribution in [3.8, 4) is 0 Å². The topological polar surface area (TPSA) is 96.1 Å². The number of hydrogen-bond acceptors (Lipinski definition) is 5. The van der Waals surface area contributed by atoms with Gasteiger partial charge in [-0.05, 0) is 25.2 Å². The van der Waals surface area contributed by atoms with Crippen molar-refractivity contribution in [3.05, 3.63) is 0 Å². The number of nitrogens with zero attached hydrogens (tertiary/aromatic N) is 2. The number of rotatable bonds is 3. The molecule has 0 aromatic heterocycles. The van der Waals surface area contributed by atoms with Crippen LogP contribution in [0.3, 0.4) is 0 Å². The molecular weight excluding hydrogens is 298 g/mol. The summed E-state index contributed by atoms with van der Waals surface area (Å²) in [6.45, 7) is 8.13. The van der Waals surface area contributed by atoms with Crippen molar-refractivity contribution in [3.63, 3.8) is 0 Å². The fourth-order valence-corrected chi connectivity index (χ4v) is 4.01. The van der Waals surface area contributed by atoms with Gasteiger partial charge in [-0.2, -0.15) is 0 Å². The molecule has 3 saturated heterocycles. The Kier molecular flexibility index (Phi) is 3.74. The molecule has 7 nitrogen and oxygen atoms in total. The van der Waals surface area contributed by atoms with Crippen molar-refractivity contribution in [2.24, 2.45) is 17.6 Å². The molecule has 0 bridgehead atoms. The van der Waals surface area contributed by atoms with Crippen molar-refractivity contribution in [1.29, 1.82) is 0 Å². The zero-order chi connectivity index (χ0) is 17.2. The minimum Gasteiger partial charge on any atom is -0.347 e. The number of piperazine rings is 1. The largest absolute Gasteiger partial charge is 0.347 e. The van der Waals surface area contributed by atoms with Crippen molar-refractivity contribution < 1.29 is 19.4 Å². The third-order valence-corrected chi connectivity index (χ3v) is 5.34. The van der Waals surface area contributed by atoms with Crippen LogP contribution in [-0.2, 0) is 14.3 Å². The van der Waals surface area contributed by atoms with E-state index in [0.29, 0.717) is 19.4 Å². The summed E-state index contributed by atoms with van der Waals surface area (Å²) >= 11 is 0. The normalized spacial score (nSPS) is 40.3. The van der Waals surface area contributed by atoms with Crippen LogP contribution < -0.4 is 5.73 Å². The molecule has 130 valence electrons. The van der Waals surface area contributed by atoms with Gasteiger partial charge in [0.2, 0.25) is 11.6 Å². The summed E-state index contributed by atoms with van der Waals surface area (Å²) in [5.74, 6) is -2.52. The monoisotopic (exact) mass is 325 g/mol. The molecule has 3 rings (SSSR count). The van der Waals surface area contributed by atoms with Crippen molar-refractivity contribution in [2.45, 2.75) is 70.7 Å². The van der Waals surface area contributed by atoms with Crippen LogP contribution in [0.4, 0.5) is 0 Å². The van der Waals surface area contributed by atoms with E-state index in [0.717, 1.165) is 6.42 Å². The predicted molar refractivity (Wildman–Crippen MR) is 82.6 cm³/mol. The Hall–Kier alpha value is -1.18. The van der Waals surface area contributed by atoms with E-state index in [1.807, 2.05) is 13.8 Å². The molecule has 23 heavy (non-hydrogen) atoms. The van der Waals surface area contributed by atoms with Gasteiger partial charge in [-0.3, -0.25) is 25.0 Å². The van der Waals surface area contributed by atoms with Gasteiger partial charge < -0.3 is 10.0 Å². The molecule has 3 aliphatic heterocycles. The highest BCUT2D eigenvalue weighted by atomic mass is 16.7. The number of fused-ring (bicyclic) bond motifs is 3. The maximum atomic E-state index is 13.0. The lowest BCUT2D eigenvalue weighted by Gasteiger charge is -2.49. The maximum absolute atomic E-state index is 13.0. The van der Waals surface area contributed by atoms with Crippen LogP contribution in [0.5, 0.6) is 0 Å². The van der Waals surface area contributed by atoms with Gasteiger partial charge in [0.1, 0.15) is 12.1 Å². The zero-order valence-corrected chi connectivity index (χ0v) is 14.3. The number of carbonyl (C=O) groups is 2. The van der Waals surface area contributed by atoms with Gasteiger partial charge in [0, 0.05) is 12.5 Å². The molecule has 3 aliphatic rings. The van der Waals surface area contributed by atoms with E-state index in [4.69, 9.17) is 10.5 Å². The quantitative estimate of drug-likeness (QED) is 0.774. The molecule has 3 N–H and O–H groups in total. The Morgan fingerprint density at radius 1 is 1.35 bits per heavy atom. The average Bonchev–Trinajstić information content (AvgIpc) is 3.00. The number of hydrogen-bond donors (Lipinski definition) is 2. The van der Waals surface area contributed by atoms with Gasteiger partial charge in [-0.25, -0.2) is 0 Å². The van der Waals surface area contributed by atoms with E-state index in [9.17, 15) is 14.7 Å². The summed E-state index contributed by atoms with van der Waals surface area (Å²) < 4.78 is 5.80. The molecule has 3 heterocycles. The van der Waals surface area contributed by atoms with E-state index >= 15 is 0 Å². The molecule has 0 saturated carbocycles. The Morgan fingerprint density at radius 3 is 2.57 bits per heavy atom. The van der Waals surface area contributed by atoms with Crippen molar-refractivity contribution >= 4 is 11.8 Å². The number of amides is 2. The fourth-order valence-electron chi connectivity index (χ4n) is 4.01. The third kappa shape index (κ3) is 2.13. The summed E-state index contributed by atoms with van der Waals surface area (Å²) in [5.41, 5.74) is 4.61. The first-order chi connectivity index (χ1) is 10.6. The molecule has 4 atom stereocenters. The molecule has 0 spiro atoms. The van der Waals surface area contributed by atoms with Crippen LogP contribution in [0.15, 0.2) is 0 Å².